The van der Waals surface area contributed by atoms with Crippen LogP contribution in [0.25, 0.3) is 0 Å². The Morgan fingerprint density at radius 1 is 1.04 bits per heavy atom. The monoisotopic (exact) mass is 313 g/mol. The van der Waals surface area contributed by atoms with Crippen LogP contribution in [0.2, 0.25) is 0 Å². The summed E-state index contributed by atoms with van der Waals surface area (Å²) in [6.07, 6.45) is 6.35. The maximum Gasteiger partial charge on any atom is 0.231 e. The number of aromatic nitrogens is 2. The minimum absolute atomic E-state index is 0.254. The minimum atomic E-state index is 0.254. The number of benzene rings is 1. The van der Waals surface area contributed by atoms with Gasteiger partial charge in [0.1, 0.15) is 12.0 Å². The molecule has 0 unspecified atom stereocenters. The van der Waals surface area contributed by atoms with Gasteiger partial charge in [-0.15, -0.1) is 0 Å². The van der Waals surface area contributed by atoms with Gasteiger partial charge in [-0.05, 0) is 25.0 Å². The summed E-state index contributed by atoms with van der Waals surface area (Å²) in [6, 6.07) is 6.08. The van der Waals surface area contributed by atoms with Crippen molar-refractivity contribution in [2.45, 2.75) is 31.7 Å². The van der Waals surface area contributed by atoms with Crippen molar-refractivity contribution in [3.8, 4) is 11.5 Å². The highest BCUT2D eigenvalue weighted by Crippen LogP contribution is 2.36. The van der Waals surface area contributed by atoms with Crippen LogP contribution in [0.15, 0.2) is 24.5 Å². The maximum absolute atomic E-state index is 6.22. The Kier molecular flexibility index (Phi) is 3.53. The van der Waals surface area contributed by atoms with Gasteiger partial charge in [-0.3, -0.25) is 0 Å². The number of hydrogen-bond acceptors (Lipinski definition) is 7. The predicted octanol–water partition coefficient (Wildman–Crippen LogP) is 2.89. The van der Waals surface area contributed by atoms with E-state index in [-0.39, 0.29) is 6.79 Å². The molecule has 0 spiro atoms. The van der Waals surface area contributed by atoms with E-state index < -0.39 is 0 Å². The van der Waals surface area contributed by atoms with E-state index in [1.807, 2.05) is 18.2 Å². The average molecular weight is 313 g/mol. The summed E-state index contributed by atoms with van der Waals surface area (Å²) in [5.74, 6) is 2.73. The van der Waals surface area contributed by atoms with E-state index >= 15 is 0 Å². The van der Waals surface area contributed by atoms with Gasteiger partial charge in [-0.1, -0.05) is 12.8 Å². The van der Waals surface area contributed by atoms with Crippen molar-refractivity contribution in [2.24, 2.45) is 0 Å². The second-order valence-corrected chi connectivity index (χ2v) is 5.80. The molecule has 1 saturated carbocycles. The highest BCUT2D eigenvalue weighted by molar-refractivity contribution is 5.78. The van der Waals surface area contributed by atoms with E-state index in [1.165, 1.54) is 19.2 Å². The average Bonchev–Trinajstić information content (AvgIpc) is 3.22. The molecule has 1 aromatic carbocycles. The van der Waals surface area contributed by atoms with Crippen LogP contribution < -0.4 is 25.8 Å². The molecule has 7 nitrogen and oxygen atoms in total. The van der Waals surface area contributed by atoms with E-state index in [9.17, 15) is 0 Å². The van der Waals surface area contributed by atoms with Gasteiger partial charge in [0.15, 0.2) is 23.1 Å². The van der Waals surface area contributed by atoms with Gasteiger partial charge in [0.25, 0.3) is 0 Å². The van der Waals surface area contributed by atoms with Gasteiger partial charge in [-0.2, -0.15) is 0 Å². The third kappa shape index (κ3) is 2.81. The van der Waals surface area contributed by atoms with E-state index in [0.29, 0.717) is 29.1 Å². The fourth-order valence-corrected chi connectivity index (χ4v) is 2.98. The zero-order valence-corrected chi connectivity index (χ0v) is 12.7. The number of ether oxygens (including phenoxy) is 2. The molecular weight excluding hydrogens is 294 g/mol. The highest BCUT2D eigenvalue weighted by atomic mass is 16.7. The van der Waals surface area contributed by atoms with Crippen molar-refractivity contribution < 1.29 is 9.47 Å². The van der Waals surface area contributed by atoms with Crippen molar-refractivity contribution in [3.63, 3.8) is 0 Å². The fraction of sp³-hybridized carbons (Fsp3) is 0.375. The second kappa shape index (κ2) is 5.83. The number of nitrogens with one attached hydrogen (secondary N) is 2. The molecule has 7 heteroatoms. The number of anilines is 4. The first-order chi connectivity index (χ1) is 11.3. The summed E-state index contributed by atoms with van der Waals surface area (Å²) >= 11 is 0. The molecular formula is C16H19N5O2. The van der Waals surface area contributed by atoms with Crippen molar-refractivity contribution in [1.29, 1.82) is 0 Å². The molecule has 0 atom stereocenters. The van der Waals surface area contributed by atoms with Crippen molar-refractivity contribution >= 4 is 23.0 Å². The number of hydrogen-bond donors (Lipinski definition) is 3. The molecule has 2 aromatic rings. The highest BCUT2D eigenvalue weighted by Gasteiger charge is 2.18. The molecule has 1 aliphatic heterocycles. The van der Waals surface area contributed by atoms with E-state index in [0.717, 1.165) is 24.3 Å². The van der Waals surface area contributed by atoms with Crippen molar-refractivity contribution in [2.75, 3.05) is 23.2 Å². The predicted molar refractivity (Wildman–Crippen MR) is 88.2 cm³/mol. The fourth-order valence-electron chi connectivity index (χ4n) is 2.98. The lowest BCUT2D eigenvalue weighted by Crippen LogP contribution is -2.17. The maximum atomic E-state index is 6.22. The van der Waals surface area contributed by atoms with Gasteiger partial charge in [0.2, 0.25) is 6.79 Å². The lowest BCUT2D eigenvalue weighted by atomic mass is 10.2. The Morgan fingerprint density at radius 2 is 1.83 bits per heavy atom. The summed E-state index contributed by atoms with van der Waals surface area (Å²) < 4.78 is 10.7. The Balaban J connectivity index is 1.54. The molecule has 0 amide bonds. The van der Waals surface area contributed by atoms with Gasteiger partial charge in [0, 0.05) is 17.8 Å². The van der Waals surface area contributed by atoms with Crippen LogP contribution in [0.1, 0.15) is 25.7 Å². The molecule has 120 valence electrons. The molecule has 2 heterocycles. The van der Waals surface area contributed by atoms with Crippen LogP contribution in [0, 0.1) is 0 Å². The largest absolute Gasteiger partial charge is 0.454 e. The molecule has 0 bridgehead atoms. The smallest absolute Gasteiger partial charge is 0.231 e. The topological polar surface area (TPSA) is 94.3 Å². The number of fused-ring (bicyclic) bond motifs is 1. The second-order valence-electron chi connectivity index (χ2n) is 5.80. The van der Waals surface area contributed by atoms with Gasteiger partial charge < -0.3 is 25.8 Å². The minimum Gasteiger partial charge on any atom is -0.454 e. The zero-order chi connectivity index (χ0) is 15.6. The summed E-state index contributed by atoms with van der Waals surface area (Å²) in [7, 11) is 0. The zero-order valence-electron chi connectivity index (χ0n) is 12.7. The van der Waals surface area contributed by atoms with Gasteiger partial charge >= 0.3 is 0 Å². The molecule has 1 aromatic heterocycles. The Morgan fingerprint density at radius 3 is 2.70 bits per heavy atom. The van der Waals surface area contributed by atoms with Gasteiger partial charge in [-0.25, -0.2) is 9.97 Å². The SMILES string of the molecule is Nc1c(Nc2ccc3c(c2)OCO3)ncnc1NC1CCCC1. The summed E-state index contributed by atoms with van der Waals surface area (Å²) in [5, 5.41) is 6.63. The number of nitrogens with two attached hydrogens (primary N) is 1. The summed E-state index contributed by atoms with van der Waals surface area (Å²) in [6.45, 7) is 0.254. The molecule has 4 N–H and O–H groups in total. The lowest BCUT2D eigenvalue weighted by molar-refractivity contribution is 0.174. The Bertz CT molecular complexity index is 716. The third-order valence-corrected chi connectivity index (χ3v) is 4.22. The van der Waals surface area contributed by atoms with E-state index in [2.05, 4.69) is 20.6 Å². The van der Waals surface area contributed by atoms with Gasteiger partial charge in [0.05, 0.1) is 0 Å². The third-order valence-electron chi connectivity index (χ3n) is 4.22. The number of nitrogen functional groups attached to an aromatic ring is 1. The summed E-state index contributed by atoms with van der Waals surface area (Å²) in [4.78, 5) is 8.51. The van der Waals surface area contributed by atoms with Crippen LogP contribution in [0.4, 0.5) is 23.0 Å². The first kappa shape index (κ1) is 13.9. The molecule has 23 heavy (non-hydrogen) atoms. The van der Waals surface area contributed by atoms with E-state index in [4.69, 9.17) is 15.2 Å². The normalized spacial score (nSPS) is 16.5. The Hall–Kier alpha value is -2.70. The number of nitrogens with zero attached hydrogens (tertiary/aromatic N) is 2. The van der Waals surface area contributed by atoms with Crippen LogP contribution in [0.3, 0.4) is 0 Å². The first-order valence-electron chi connectivity index (χ1n) is 7.83. The molecule has 1 fully saturated rings. The number of rotatable bonds is 4. The summed E-state index contributed by atoms with van der Waals surface area (Å²) in [5.41, 5.74) is 7.58. The Labute approximate surface area is 134 Å². The molecule has 0 radical (unpaired) electrons. The molecule has 1 aliphatic carbocycles. The van der Waals surface area contributed by atoms with E-state index in [1.54, 1.807) is 0 Å². The van der Waals surface area contributed by atoms with Crippen LogP contribution in [-0.4, -0.2) is 22.8 Å². The standard InChI is InChI=1S/C16H19N5O2/c17-14-15(20-10-3-1-2-4-10)18-8-19-16(14)21-11-5-6-12-13(7-11)23-9-22-12/h5-8,10H,1-4,9,17H2,(H2,18,19,20,21). The van der Waals surface area contributed by atoms with Crippen molar-refractivity contribution in [1.82, 2.24) is 9.97 Å². The molecule has 4 rings (SSSR count). The first-order valence-corrected chi connectivity index (χ1v) is 7.83. The van der Waals surface area contributed by atoms with Crippen molar-refractivity contribution in [3.05, 3.63) is 24.5 Å². The molecule has 2 aliphatic rings. The van der Waals surface area contributed by atoms with Crippen LogP contribution >= 0.6 is 0 Å². The van der Waals surface area contributed by atoms with Crippen LogP contribution in [-0.2, 0) is 0 Å². The lowest BCUT2D eigenvalue weighted by Gasteiger charge is -2.16. The quantitative estimate of drug-likeness (QED) is 0.799. The van der Waals surface area contributed by atoms with Crippen LogP contribution in [0.5, 0.6) is 11.5 Å². The molecule has 0 saturated heterocycles.